The van der Waals surface area contributed by atoms with Crippen molar-refractivity contribution in [2.45, 2.75) is 141 Å². The van der Waals surface area contributed by atoms with Crippen molar-refractivity contribution in [2.24, 2.45) is 0 Å². The maximum absolute atomic E-state index is 11.5. The van der Waals surface area contributed by atoms with Gasteiger partial charge in [0.25, 0.3) is 0 Å². The molecule has 0 unspecified atom stereocenters. The Balaban J connectivity index is 2.09. The predicted molar refractivity (Wildman–Crippen MR) is 193 cm³/mol. The highest BCUT2D eigenvalue weighted by Crippen LogP contribution is 2.44. The third kappa shape index (κ3) is 11.0. The number of para-hydroxylation sites is 1. The lowest BCUT2D eigenvalue weighted by Crippen LogP contribution is -2.21. The molecular formula is C37H56N4OS2. The second-order valence-corrected chi connectivity index (χ2v) is 15.9. The third-order valence-electron chi connectivity index (χ3n) is 7.72. The molecule has 0 aliphatic carbocycles. The number of nitrogens with zero attached hydrogens (tertiary/aromatic N) is 4. The normalized spacial score (nSPS) is 12.1. The summed E-state index contributed by atoms with van der Waals surface area (Å²) in [7, 11) is 0. The van der Waals surface area contributed by atoms with Crippen molar-refractivity contribution in [1.29, 1.82) is 0 Å². The monoisotopic (exact) mass is 636 g/mol. The number of phenolic OH excluding ortho intramolecular Hbond substituents is 1. The highest BCUT2D eigenvalue weighted by atomic mass is 32.2. The second-order valence-electron chi connectivity index (χ2n) is 13.8. The van der Waals surface area contributed by atoms with Crippen LogP contribution in [-0.2, 0) is 10.8 Å². The van der Waals surface area contributed by atoms with Crippen LogP contribution in [0.2, 0.25) is 0 Å². The minimum absolute atomic E-state index is 0.251. The molecule has 3 aromatic rings. The van der Waals surface area contributed by atoms with Crippen molar-refractivity contribution in [3.8, 4) is 5.75 Å². The molecule has 0 saturated carbocycles. The number of hydrogen-bond acceptors (Lipinski definition) is 7. The fourth-order valence-corrected chi connectivity index (χ4v) is 6.86. The Kier molecular flexibility index (Phi) is 14.4. The summed E-state index contributed by atoms with van der Waals surface area (Å²) in [6.07, 6.45) is 12.5. The molecule has 1 heterocycles. The Hall–Kier alpha value is -2.25. The van der Waals surface area contributed by atoms with Gasteiger partial charge < -0.3 is 5.11 Å². The summed E-state index contributed by atoms with van der Waals surface area (Å²) in [5, 5.41) is 13.0. The average molecular weight is 637 g/mol. The average Bonchev–Trinajstić information content (AvgIpc) is 2.97. The summed E-state index contributed by atoms with van der Waals surface area (Å²) in [6, 6.07) is 14.6. The van der Waals surface area contributed by atoms with Crippen LogP contribution in [0.1, 0.15) is 131 Å². The van der Waals surface area contributed by atoms with Gasteiger partial charge in [0.15, 0.2) is 10.3 Å². The van der Waals surface area contributed by atoms with Gasteiger partial charge in [0, 0.05) is 34.0 Å². The minimum atomic E-state index is -0.251. The van der Waals surface area contributed by atoms with E-state index in [1.54, 1.807) is 23.5 Å². The number of benzene rings is 2. The van der Waals surface area contributed by atoms with E-state index >= 15 is 0 Å². The predicted octanol–water partition coefficient (Wildman–Crippen LogP) is 11.8. The van der Waals surface area contributed by atoms with Crippen LogP contribution in [0.5, 0.6) is 5.75 Å². The van der Waals surface area contributed by atoms with Gasteiger partial charge in [0.2, 0.25) is 5.95 Å². The van der Waals surface area contributed by atoms with Crippen LogP contribution in [0.25, 0.3) is 0 Å². The number of unbranched alkanes of at least 4 members (excludes halogenated alkanes) is 8. The van der Waals surface area contributed by atoms with Crippen molar-refractivity contribution in [3.63, 3.8) is 0 Å². The van der Waals surface area contributed by atoms with Crippen molar-refractivity contribution in [1.82, 2.24) is 15.0 Å². The lowest BCUT2D eigenvalue weighted by molar-refractivity contribution is 0.423. The first-order valence-corrected chi connectivity index (χ1v) is 18.7. The summed E-state index contributed by atoms with van der Waals surface area (Å²) in [5.74, 6) is 3.00. The molecule has 2 aromatic carbocycles. The van der Waals surface area contributed by atoms with Crippen LogP contribution >= 0.6 is 23.5 Å². The molecule has 44 heavy (non-hydrogen) atoms. The van der Waals surface area contributed by atoms with Crippen LogP contribution < -0.4 is 4.90 Å². The van der Waals surface area contributed by atoms with Gasteiger partial charge in [-0.1, -0.05) is 148 Å². The molecule has 0 aliphatic heterocycles. The van der Waals surface area contributed by atoms with Gasteiger partial charge >= 0.3 is 0 Å². The lowest BCUT2D eigenvalue weighted by atomic mass is 9.79. The van der Waals surface area contributed by atoms with Gasteiger partial charge in [0.1, 0.15) is 5.75 Å². The lowest BCUT2D eigenvalue weighted by Gasteiger charge is -2.31. The second kappa shape index (κ2) is 17.4. The largest absolute Gasteiger partial charge is 0.507 e. The summed E-state index contributed by atoms with van der Waals surface area (Å²) in [6.45, 7) is 17.4. The number of hydrogen-bond donors (Lipinski definition) is 1. The topological polar surface area (TPSA) is 62.1 Å². The standard InChI is InChI=1S/C37H56N4OS2/c1-9-11-13-15-20-24-43-34-38-33(39-35(40-34)44-25-21-16-14-12-10-2)41(28-22-18-17-19-23-28)29-26-30(36(3,4)5)32(42)31(27-29)37(6,7)8/h17-19,22-23,26-27,42H,9-16,20-21,24-25H2,1-8H3. The fourth-order valence-electron chi connectivity index (χ4n) is 5.14. The smallest absolute Gasteiger partial charge is 0.239 e. The number of aromatic nitrogens is 3. The van der Waals surface area contributed by atoms with E-state index < -0.39 is 0 Å². The quantitative estimate of drug-likeness (QED) is 0.117. The van der Waals surface area contributed by atoms with Gasteiger partial charge in [-0.3, -0.25) is 4.90 Å². The van der Waals surface area contributed by atoms with Crippen LogP contribution in [-0.4, -0.2) is 31.6 Å². The van der Waals surface area contributed by atoms with E-state index in [9.17, 15) is 5.11 Å². The van der Waals surface area contributed by atoms with E-state index in [-0.39, 0.29) is 10.8 Å². The highest BCUT2D eigenvalue weighted by molar-refractivity contribution is 7.99. The van der Waals surface area contributed by atoms with E-state index in [1.165, 1.54) is 51.4 Å². The Morgan fingerprint density at radius 3 is 1.50 bits per heavy atom. The highest BCUT2D eigenvalue weighted by Gasteiger charge is 2.29. The number of thioether (sulfide) groups is 2. The van der Waals surface area contributed by atoms with Crippen molar-refractivity contribution in [2.75, 3.05) is 16.4 Å². The van der Waals surface area contributed by atoms with E-state index in [4.69, 9.17) is 15.0 Å². The zero-order valence-electron chi connectivity index (χ0n) is 28.6. The maximum Gasteiger partial charge on any atom is 0.239 e. The summed E-state index contributed by atoms with van der Waals surface area (Å²) >= 11 is 3.48. The number of rotatable bonds is 17. The Labute approximate surface area is 276 Å². The first kappa shape index (κ1) is 36.2. The first-order chi connectivity index (χ1) is 21.0. The Morgan fingerprint density at radius 2 is 1.07 bits per heavy atom. The van der Waals surface area contributed by atoms with E-state index in [1.807, 2.05) is 6.07 Å². The SMILES string of the molecule is CCCCCCCSc1nc(SCCCCCCC)nc(N(c2ccccc2)c2cc(C(C)(C)C)c(O)c(C(C)(C)C)c2)n1. The fraction of sp³-hybridized carbons (Fsp3) is 0.595. The van der Waals surface area contributed by atoms with Crippen molar-refractivity contribution >= 4 is 40.8 Å². The van der Waals surface area contributed by atoms with Gasteiger partial charge in [-0.05, 0) is 47.9 Å². The van der Waals surface area contributed by atoms with Gasteiger partial charge in [-0.15, -0.1) is 0 Å². The molecule has 5 nitrogen and oxygen atoms in total. The molecule has 0 aliphatic rings. The summed E-state index contributed by atoms with van der Waals surface area (Å²) in [4.78, 5) is 17.2. The van der Waals surface area contributed by atoms with Gasteiger partial charge in [0.05, 0.1) is 0 Å². The maximum atomic E-state index is 11.5. The van der Waals surface area contributed by atoms with Crippen LogP contribution in [0.4, 0.5) is 17.3 Å². The van der Waals surface area contributed by atoms with Crippen LogP contribution in [0.15, 0.2) is 52.8 Å². The summed E-state index contributed by atoms with van der Waals surface area (Å²) < 4.78 is 0. The Morgan fingerprint density at radius 1 is 0.614 bits per heavy atom. The zero-order chi connectivity index (χ0) is 32.2. The molecular weight excluding hydrogens is 581 g/mol. The number of anilines is 3. The molecule has 1 N–H and O–H groups in total. The summed E-state index contributed by atoms with van der Waals surface area (Å²) in [5.41, 5.74) is 3.26. The van der Waals surface area contributed by atoms with E-state index in [0.717, 1.165) is 57.2 Å². The Bertz CT molecular complexity index is 1220. The number of phenols is 1. The first-order valence-electron chi connectivity index (χ1n) is 16.7. The number of aromatic hydroxyl groups is 1. The molecule has 1 aromatic heterocycles. The van der Waals surface area contributed by atoms with Crippen molar-refractivity contribution < 1.29 is 5.11 Å². The van der Waals surface area contributed by atoms with Gasteiger partial charge in [-0.25, -0.2) is 0 Å². The molecule has 0 atom stereocenters. The van der Waals surface area contributed by atoms with Crippen molar-refractivity contribution in [3.05, 3.63) is 53.6 Å². The molecule has 242 valence electrons. The molecule has 0 fully saturated rings. The molecule has 7 heteroatoms. The van der Waals surface area contributed by atoms with Gasteiger partial charge in [-0.2, -0.15) is 15.0 Å². The van der Waals surface area contributed by atoms with Crippen LogP contribution in [0, 0.1) is 0 Å². The van der Waals surface area contributed by atoms with E-state index in [0.29, 0.717) is 11.7 Å². The molecule has 0 bridgehead atoms. The minimum Gasteiger partial charge on any atom is -0.507 e. The molecule has 0 spiro atoms. The van der Waals surface area contributed by atoms with Crippen LogP contribution in [0.3, 0.4) is 0 Å². The zero-order valence-corrected chi connectivity index (χ0v) is 30.2. The molecule has 0 amide bonds. The third-order valence-corrected chi connectivity index (χ3v) is 9.59. The van der Waals surface area contributed by atoms with E-state index in [2.05, 4.69) is 96.7 Å². The molecule has 3 rings (SSSR count). The molecule has 0 radical (unpaired) electrons. The molecule has 0 saturated heterocycles.